The lowest BCUT2D eigenvalue weighted by atomic mass is 9.73. The third-order valence-corrected chi connectivity index (χ3v) is 13.8. The number of fused-ring (bicyclic) bond motifs is 10. The average molecular weight is 852 g/mol. The van der Waals surface area contributed by atoms with Crippen molar-refractivity contribution in [1.82, 2.24) is 0 Å². The summed E-state index contributed by atoms with van der Waals surface area (Å²) in [6, 6.07) is 76.8. The lowest BCUT2D eigenvalue weighted by molar-refractivity contribution is 0.627. The van der Waals surface area contributed by atoms with Crippen molar-refractivity contribution in [3.8, 4) is 89.0 Å². The molecule has 1 aliphatic carbocycles. The molecule has 0 saturated heterocycles. The summed E-state index contributed by atoms with van der Waals surface area (Å²) in [4.78, 5) is 2.42. The van der Waals surface area contributed by atoms with E-state index in [1.807, 2.05) is 36.4 Å². The van der Waals surface area contributed by atoms with E-state index in [4.69, 9.17) is 0 Å². The van der Waals surface area contributed by atoms with Crippen molar-refractivity contribution in [3.05, 3.63) is 247 Å². The summed E-state index contributed by atoms with van der Waals surface area (Å²) in [6.45, 7) is 4.66. The zero-order chi connectivity index (χ0) is 44.5. The van der Waals surface area contributed by atoms with Crippen LogP contribution in [0.2, 0.25) is 0 Å². The molecule has 66 heavy (non-hydrogen) atoms. The number of anilines is 3. The van der Waals surface area contributed by atoms with Gasteiger partial charge in [0, 0.05) is 11.1 Å². The fourth-order valence-electron chi connectivity index (χ4n) is 10.6. The highest BCUT2D eigenvalue weighted by atomic mass is 19.1. The Labute approximate surface area is 384 Å². The number of hydrogen-bond donors (Lipinski definition) is 0. The van der Waals surface area contributed by atoms with Crippen molar-refractivity contribution in [3.63, 3.8) is 0 Å². The summed E-state index contributed by atoms with van der Waals surface area (Å²) >= 11 is 0. The van der Waals surface area contributed by atoms with E-state index in [1.165, 1.54) is 34.4 Å². The summed E-state index contributed by atoms with van der Waals surface area (Å²) in [7, 11) is 0. The van der Waals surface area contributed by atoms with Crippen molar-refractivity contribution in [2.24, 2.45) is 0 Å². The van der Waals surface area contributed by atoms with Crippen molar-refractivity contribution in [1.29, 1.82) is 0 Å². The normalized spacial score (nSPS) is 12.9. The van der Waals surface area contributed by atoms with Gasteiger partial charge in [0.1, 0.15) is 11.6 Å². The predicted octanol–water partition coefficient (Wildman–Crippen LogP) is 17.7. The van der Waals surface area contributed by atoms with Gasteiger partial charge in [0.05, 0.1) is 11.4 Å². The number of hydrogen-bond acceptors (Lipinski definition) is 1. The van der Waals surface area contributed by atoms with E-state index in [-0.39, 0.29) is 17.0 Å². The molecular weight excluding hydrogens is 809 g/mol. The van der Waals surface area contributed by atoms with Crippen LogP contribution in [0.15, 0.2) is 224 Å². The molecule has 0 radical (unpaired) electrons. The molecular formula is C63H43F2N. The van der Waals surface area contributed by atoms with Gasteiger partial charge in [-0.1, -0.05) is 178 Å². The van der Waals surface area contributed by atoms with Gasteiger partial charge >= 0.3 is 0 Å². The second-order valence-corrected chi connectivity index (χ2v) is 17.9. The molecule has 0 spiro atoms. The minimum atomic E-state index is -0.332. The first-order valence-electron chi connectivity index (χ1n) is 22.5. The van der Waals surface area contributed by atoms with E-state index in [2.05, 4.69) is 183 Å². The molecule has 3 heteroatoms. The van der Waals surface area contributed by atoms with Crippen LogP contribution >= 0.6 is 0 Å². The molecule has 0 atom stereocenters. The number of para-hydroxylation sites is 1. The zero-order valence-electron chi connectivity index (χ0n) is 36.6. The lowest BCUT2D eigenvalue weighted by Crippen LogP contribution is -2.30. The number of benzene rings is 10. The van der Waals surface area contributed by atoms with Crippen LogP contribution in [0.3, 0.4) is 0 Å². The molecule has 0 amide bonds. The minimum absolute atomic E-state index is 0.250. The Bertz CT molecular complexity index is 3520. The number of nitrogens with zero attached hydrogens (tertiary/aromatic N) is 1. The van der Waals surface area contributed by atoms with E-state index < -0.39 is 0 Å². The van der Waals surface area contributed by atoms with E-state index >= 15 is 8.78 Å². The van der Waals surface area contributed by atoms with Crippen LogP contribution in [0, 0.1) is 11.6 Å². The summed E-state index contributed by atoms with van der Waals surface area (Å²) in [5.41, 5.74) is 21.3. The molecule has 1 aliphatic heterocycles. The van der Waals surface area contributed by atoms with Crippen molar-refractivity contribution >= 4 is 17.1 Å². The topological polar surface area (TPSA) is 3.24 Å². The Kier molecular flexibility index (Phi) is 9.29. The highest BCUT2D eigenvalue weighted by molar-refractivity contribution is 6.08. The molecule has 0 fully saturated rings. The Morgan fingerprint density at radius 1 is 0.303 bits per heavy atom. The molecule has 0 bridgehead atoms. The molecule has 2 aliphatic rings. The van der Waals surface area contributed by atoms with Gasteiger partial charge in [0.15, 0.2) is 0 Å². The van der Waals surface area contributed by atoms with Crippen molar-refractivity contribution < 1.29 is 8.78 Å². The smallest absolute Gasteiger partial charge is 0.123 e. The second kappa shape index (κ2) is 15.5. The van der Waals surface area contributed by atoms with Crippen LogP contribution in [-0.2, 0) is 5.41 Å². The maximum atomic E-state index is 15.7. The van der Waals surface area contributed by atoms with Gasteiger partial charge in [-0.15, -0.1) is 0 Å². The molecule has 0 aromatic heterocycles. The van der Waals surface area contributed by atoms with Crippen LogP contribution in [0.1, 0.15) is 25.0 Å². The predicted molar refractivity (Wildman–Crippen MR) is 270 cm³/mol. The minimum Gasteiger partial charge on any atom is -0.310 e. The molecule has 0 unspecified atom stereocenters. The van der Waals surface area contributed by atoms with Gasteiger partial charge in [-0.05, 0) is 161 Å². The largest absolute Gasteiger partial charge is 0.310 e. The Balaban J connectivity index is 1.09. The monoisotopic (exact) mass is 851 g/mol. The molecule has 1 heterocycles. The van der Waals surface area contributed by atoms with E-state index in [0.29, 0.717) is 0 Å². The molecule has 12 rings (SSSR count). The summed E-state index contributed by atoms with van der Waals surface area (Å²) in [6.07, 6.45) is 0. The van der Waals surface area contributed by atoms with Gasteiger partial charge in [0.2, 0.25) is 0 Å². The van der Waals surface area contributed by atoms with Crippen LogP contribution in [0.25, 0.3) is 89.0 Å². The molecule has 10 aromatic rings. The summed E-state index contributed by atoms with van der Waals surface area (Å²) in [5, 5.41) is 0. The first-order valence-corrected chi connectivity index (χ1v) is 22.5. The van der Waals surface area contributed by atoms with Crippen LogP contribution in [0.4, 0.5) is 25.8 Å². The summed E-state index contributed by atoms with van der Waals surface area (Å²) in [5.74, 6) is -0.653. The molecule has 314 valence electrons. The second-order valence-electron chi connectivity index (χ2n) is 17.9. The van der Waals surface area contributed by atoms with Crippen LogP contribution in [-0.4, -0.2) is 0 Å². The van der Waals surface area contributed by atoms with Gasteiger partial charge in [0.25, 0.3) is 0 Å². The van der Waals surface area contributed by atoms with Gasteiger partial charge in [-0.3, -0.25) is 0 Å². The first-order chi connectivity index (χ1) is 32.3. The first kappa shape index (κ1) is 39.5. The third kappa shape index (κ3) is 6.42. The molecule has 0 N–H and O–H groups in total. The zero-order valence-corrected chi connectivity index (χ0v) is 36.6. The standard InChI is InChI=1S/C63H43F2N/c1-63(2)58-23-12-13-24-60(58)66(61-34-26-43(36-59(61)63)40-15-6-3-7-16-40)47-29-33-48(54(39-47)42-19-10-5-11-20-42)44-25-30-53-55(35-44)57-38-46(65)28-32-51(57)50-31-27-45(64)37-56(50)52-22-14-21-49(62(52)53)41-17-8-4-9-18-41/h3-39H,1-2H3. The number of rotatable bonds is 5. The Hall–Kier alpha value is -8.14. The van der Waals surface area contributed by atoms with Gasteiger partial charge in [-0.2, -0.15) is 0 Å². The fraction of sp³-hybridized carbons (Fsp3) is 0.0476. The van der Waals surface area contributed by atoms with E-state index in [9.17, 15) is 0 Å². The average Bonchev–Trinajstić information content (AvgIpc) is 3.36. The van der Waals surface area contributed by atoms with Crippen LogP contribution < -0.4 is 4.90 Å². The Morgan fingerprint density at radius 3 is 1.53 bits per heavy atom. The maximum absolute atomic E-state index is 15.7. The fourth-order valence-corrected chi connectivity index (χ4v) is 10.6. The molecule has 0 saturated carbocycles. The highest BCUT2D eigenvalue weighted by Crippen LogP contribution is 2.55. The molecule has 1 nitrogen and oxygen atoms in total. The summed E-state index contributed by atoms with van der Waals surface area (Å²) < 4.78 is 31.1. The Morgan fingerprint density at radius 2 is 0.833 bits per heavy atom. The quantitative estimate of drug-likeness (QED) is 0.167. The van der Waals surface area contributed by atoms with Gasteiger partial charge < -0.3 is 4.90 Å². The van der Waals surface area contributed by atoms with Crippen molar-refractivity contribution in [2.45, 2.75) is 19.3 Å². The highest BCUT2D eigenvalue weighted by Gasteiger charge is 2.37. The van der Waals surface area contributed by atoms with Crippen molar-refractivity contribution in [2.75, 3.05) is 4.90 Å². The van der Waals surface area contributed by atoms with E-state index in [0.717, 1.165) is 95.0 Å². The molecule has 10 aromatic carbocycles. The number of halogens is 2. The third-order valence-electron chi connectivity index (χ3n) is 13.8. The SMILES string of the molecule is CC1(C)c2ccccc2N(c2ccc(-c3ccc4c(c3)-c3cc(F)ccc3-c3ccc(F)cc3-c3cccc(-c5ccccc5)c3-4)c(-c3ccccc3)c2)c2ccc(-c3ccccc3)cc21. The van der Waals surface area contributed by atoms with E-state index in [1.54, 1.807) is 12.1 Å². The lowest BCUT2D eigenvalue weighted by Gasteiger charge is -2.42. The van der Waals surface area contributed by atoms with Crippen LogP contribution in [0.5, 0.6) is 0 Å². The maximum Gasteiger partial charge on any atom is 0.123 e. The van der Waals surface area contributed by atoms with Gasteiger partial charge in [-0.25, -0.2) is 8.78 Å².